The molecule has 0 fully saturated rings. The Morgan fingerprint density at radius 2 is 1.93 bits per heavy atom. The van der Waals surface area contributed by atoms with Crippen molar-refractivity contribution in [3.8, 4) is 0 Å². The molecule has 0 aliphatic carbocycles. The van der Waals surface area contributed by atoms with Gasteiger partial charge < -0.3 is 4.42 Å². The maximum atomic E-state index is 11.6. The molecule has 0 aromatic carbocycles. The summed E-state index contributed by atoms with van der Waals surface area (Å²) in [6.45, 7) is 3.63. The second-order valence-electron chi connectivity index (χ2n) is 3.18. The van der Waals surface area contributed by atoms with Gasteiger partial charge in [0, 0.05) is 20.1 Å². The molecule has 0 saturated carbocycles. The van der Waals surface area contributed by atoms with E-state index in [9.17, 15) is 9.59 Å². The summed E-state index contributed by atoms with van der Waals surface area (Å²) >= 11 is 0. The second kappa shape index (κ2) is 3.65. The highest BCUT2D eigenvalue weighted by atomic mass is 16.4. The summed E-state index contributed by atoms with van der Waals surface area (Å²) in [6, 6.07) is -0.100. The van der Waals surface area contributed by atoms with Crippen LogP contribution in [0.4, 0.5) is 0 Å². The highest BCUT2D eigenvalue weighted by molar-refractivity contribution is 4.70. The highest BCUT2D eigenvalue weighted by Gasteiger charge is 2.09. The third-order valence-corrected chi connectivity index (χ3v) is 1.86. The average molecular weight is 199 g/mol. The lowest BCUT2D eigenvalue weighted by Gasteiger charge is -2.09. The van der Waals surface area contributed by atoms with Crippen molar-refractivity contribution in [2.24, 2.45) is 12.0 Å². The van der Waals surface area contributed by atoms with Crippen LogP contribution in [0.5, 0.6) is 0 Å². The van der Waals surface area contributed by atoms with Gasteiger partial charge >= 0.3 is 17.1 Å². The third-order valence-electron chi connectivity index (χ3n) is 1.86. The molecule has 1 aromatic heterocycles. The molecule has 1 aromatic rings. The van der Waals surface area contributed by atoms with E-state index in [1.54, 1.807) is 0 Å². The van der Waals surface area contributed by atoms with E-state index in [4.69, 9.17) is 4.42 Å². The van der Waals surface area contributed by atoms with E-state index in [0.717, 1.165) is 4.57 Å². The van der Waals surface area contributed by atoms with Gasteiger partial charge in [-0.15, -0.1) is 0 Å². The van der Waals surface area contributed by atoms with E-state index >= 15 is 0 Å². The first kappa shape index (κ1) is 10.5. The van der Waals surface area contributed by atoms with E-state index < -0.39 is 11.4 Å². The minimum atomic E-state index is -0.701. The monoisotopic (exact) mass is 199 g/mol. The minimum absolute atomic E-state index is 0.0492. The van der Waals surface area contributed by atoms with Gasteiger partial charge in [0.15, 0.2) is 0 Å². The quantitative estimate of drug-likeness (QED) is 0.597. The van der Waals surface area contributed by atoms with Gasteiger partial charge in [-0.3, -0.25) is 0 Å². The zero-order chi connectivity index (χ0) is 10.9. The summed E-state index contributed by atoms with van der Waals surface area (Å²) in [4.78, 5) is 26.5. The Kier molecular flexibility index (Phi) is 2.73. The maximum Gasteiger partial charge on any atom is 0.425 e. The van der Waals surface area contributed by atoms with E-state index in [1.165, 1.54) is 18.7 Å². The first-order valence-corrected chi connectivity index (χ1v) is 4.24. The predicted octanol–water partition coefficient (Wildman–Crippen LogP) is -0.749. The van der Waals surface area contributed by atoms with Crippen LogP contribution in [-0.2, 0) is 7.05 Å². The molecule has 6 heteroatoms. The largest absolute Gasteiger partial charge is 0.425 e. The zero-order valence-corrected chi connectivity index (χ0v) is 8.64. The number of hydrogen-bond donors (Lipinski definition) is 0. The van der Waals surface area contributed by atoms with Crippen LogP contribution in [0.2, 0.25) is 0 Å². The maximum absolute atomic E-state index is 11.6. The second-order valence-corrected chi connectivity index (χ2v) is 3.18. The molecule has 0 saturated heterocycles. The molecule has 0 unspecified atom stereocenters. The molecular weight excluding hydrogens is 186 g/mol. The predicted molar refractivity (Wildman–Crippen MR) is 50.1 cm³/mol. The van der Waals surface area contributed by atoms with Crippen molar-refractivity contribution in [1.29, 1.82) is 0 Å². The van der Waals surface area contributed by atoms with E-state index in [-0.39, 0.29) is 11.7 Å². The van der Waals surface area contributed by atoms with Crippen molar-refractivity contribution in [1.82, 2.24) is 9.13 Å². The standard InChI is InChI=1S/C8H13N3O3/c1-5(2)11-6(9-3)14-8(13)10(4)7(11)12/h5H,1-4H3/b9-6+. The van der Waals surface area contributed by atoms with Crippen molar-refractivity contribution in [2.75, 3.05) is 7.05 Å². The highest BCUT2D eigenvalue weighted by Crippen LogP contribution is 1.92. The van der Waals surface area contributed by atoms with Crippen LogP contribution in [0.25, 0.3) is 0 Å². The summed E-state index contributed by atoms with van der Waals surface area (Å²) in [5.74, 6) is -0.701. The topological polar surface area (TPSA) is 69.5 Å². The van der Waals surface area contributed by atoms with Crippen LogP contribution in [0, 0.1) is 0 Å². The Morgan fingerprint density at radius 1 is 1.36 bits per heavy atom. The molecule has 0 aliphatic heterocycles. The summed E-state index contributed by atoms with van der Waals surface area (Å²) in [5, 5.41) is 0. The molecule has 0 bridgehead atoms. The molecule has 6 nitrogen and oxygen atoms in total. The Morgan fingerprint density at radius 3 is 2.36 bits per heavy atom. The summed E-state index contributed by atoms with van der Waals surface area (Å²) in [6.07, 6.45) is 0. The van der Waals surface area contributed by atoms with Gasteiger partial charge in [0.2, 0.25) is 0 Å². The lowest BCUT2D eigenvalue weighted by atomic mass is 10.4. The summed E-state index contributed by atoms with van der Waals surface area (Å²) < 4.78 is 7.07. The fraction of sp³-hybridized carbons (Fsp3) is 0.625. The van der Waals surface area contributed by atoms with Gasteiger partial charge in [0.05, 0.1) is 0 Å². The molecular formula is C8H13N3O3. The van der Waals surface area contributed by atoms with Gasteiger partial charge in [-0.2, -0.15) is 0 Å². The van der Waals surface area contributed by atoms with Gasteiger partial charge in [0.1, 0.15) is 0 Å². The number of rotatable bonds is 1. The lowest BCUT2D eigenvalue weighted by molar-refractivity contribution is 0.308. The number of aromatic nitrogens is 2. The van der Waals surface area contributed by atoms with Crippen LogP contribution < -0.4 is 17.1 Å². The van der Waals surface area contributed by atoms with Crippen molar-refractivity contribution < 1.29 is 4.42 Å². The zero-order valence-electron chi connectivity index (χ0n) is 8.64. The smallest absolute Gasteiger partial charge is 0.375 e. The molecule has 14 heavy (non-hydrogen) atoms. The molecule has 0 N–H and O–H groups in total. The van der Waals surface area contributed by atoms with Crippen molar-refractivity contribution in [3.05, 3.63) is 26.7 Å². The van der Waals surface area contributed by atoms with Gasteiger partial charge in [-0.25, -0.2) is 23.7 Å². The van der Waals surface area contributed by atoms with Crippen LogP contribution in [0.15, 0.2) is 19.0 Å². The Hall–Kier alpha value is -1.59. The Labute approximate surface area is 80.1 Å². The first-order chi connectivity index (χ1) is 6.49. The number of nitrogens with zero attached hydrogens (tertiary/aromatic N) is 3. The van der Waals surface area contributed by atoms with Crippen LogP contribution in [-0.4, -0.2) is 16.2 Å². The summed E-state index contributed by atoms with van der Waals surface area (Å²) in [5.41, 5.74) is -0.370. The normalized spacial score (nSPS) is 12.5. The third kappa shape index (κ3) is 1.55. The SMILES string of the molecule is C/N=c1/oc(=O)n(C)c(=O)n1C(C)C. The minimum Gasteiger partial charge on any atom is -0.375 e. The summed E-state index contributed by atoms with van der Waals surface area (Å²) in [7, 11) is 2.84. The number of hydrogen-bond acceptors (Lipinski definition) is 4. The molecule has 0 radical (unpaired) electrons. The Bertz CT molecular complexity index is 504. The molecule has 78 valence electrons. The fourth-order valence-corrected chi connectivity index (χ4v) is 1.11. The Balaban J connectivity index is 3.82. The lowest BCUT2D eigenvalue weighted by Crippen LogP contribution is -2.46. The van der Waals surface area contributed by atoms with E-state index in [0.29, 0.717) is 0 Å². The molecule has 0 amide bonds. The molecule has 0 spiro atoms. The van der Waals surface area contributed by atoms with Crippen LogP contribution in [0.3, 0.4) is 0 Å². The van der Waals surface area contributed by atoms with E-state index in [2.05, 4.69) is 4.99 Å². The van der Waals surface area contributed by atoms with Crippen LogP contribution in [0.1, 0.15) is 19.9 Å². The fourth-order valence-electron chi connectivity index (χ4n) is 1.11. The van der Waals surface area contributed by atoms with Gasteiger partial charge in [-0.1, -0.05) is 0 Å². The van der Waals surface area contributed by atoms with Gasteiger partial charge in [-0.05, 0) is 13.8 Å². The molecule has 0 atom stereocenters. The molecule has 1 heterocycles. The van der Waals surface area contributed by atoms with Crippen LogP contribution >= 0.6 is 0 Å². The van der Waals surface area contributed by atoms with Crippen molar-refractivity contribution in [2.45, 2.75) is 19.9 Å². The average Bonchev–Trinajstić information content (AvgIpc) is 2.12. The first-order valence-electron chi connectivity index (χ1n) is 4.24. The van der Waals surface area contributed by atoms with E-state index in [1.807, 2.05) is 13.8 Å². The molecule has 0 aliphatic rings. The van der Waals surface area contributed by atoms with Crippen molar-refractivity contribution in [3.63, 3.8) is 0 Å². The van der Waals surface area contributed by atoms with Crippen molar-refractivity contribution >= 4 is 0 Å². The molecule has 1 rings (SSSR count). The van der Waals surface area contributed by atoms with Gasteiger partial charge in [0.25, 0.3) is 0 Å².